The van der Waals surface area contributed by atoms with Gasteiger partial charge in [0.1, 0.15) is 0 Å². The van der Waals surface area contributed by atoms with Gasteiger partial charge in [-0.25, -0.2) is 19.7 Å². The number of hydrogen-bond donors (Lipinski definition) is 1. The van der Waals surface area contributed by atoms with Crippen molar-refractivity contribution in [2.75, 3.05) is 0 Å². The highest BCUT2D eigenvalue weighted by atomic mass is 32.1. The Kier molecular flexibility index (Phi) is 2.19. The molecule has 0 atom stereocenters. The Morgan fingerprint density at radius 3 is 2.86 bits per heavy atom. The van der Waals surface area contributed by atoms with Crippen LogP contribution in [-0.2, 0) is 0 Å². The van der Waals surface area contributed by atoms with Crippen molar-refractivity contribution in [1.82, 2.24) is 15.0 Å². The summed E-state index contributed by atoms with van der Waals surface area (Å²) in [5, 5.41) is 11.1. The second-order valence-electron chi connectivity index (χ2n) is 2.41. The van der Waals surface area contributed by atoms with Crippen LogP contribution in [0.1, 0.15) is 10.5 Å². The number of aromatic nitrogens is 3. The van der Waals surface area contributed by atoms with Crippen LogP contribution in [0.2, 0.25) is 0 Å². The highest BCUT2D eigenvalue weighted by Gasteiger charge is 2.08. The van der Waals surface area contributed by atoms with Crippen LogP contribution < -0.4 is 0 Å². The molecule has 0 aromatic carbocycles. The van der Waals surface area contributed by atoms with Crippen LogP contribution in [0.4, 0.5) is 0 Å². The van der Waals surface area contributed by atoms with E-state index in [1.807, 2.05) is 0 Å². The van der Waals surface area contributed by atoms with E-state index in [4.69, 9.17) is 5.11 Å². The van der Waals surface area contributed by atoms with Crippen molar-refractivity contribution in [2.45, 2.75) is 0 Å². The Labute approximate surface area is 83.1 Å². The lowest BCUT2D eigenvalue weighted by Crippen LogP contribution is -2.01. The molecule has 6 heteroatoms. The van der Waals surface area contributed by atoms with Gasteiger partial charge in [-0.1, -0.05) is 0 Å². The number of hydrogen-bond acceptors (Lipinski definition) is 5. The summed E-state index contributed by atoms with van der Waals surface area (Å²) in [7, 11) is 0. The molecule has 0 unspecified atom stereocenters. The number of carboxylic acids is 1. The van der Waals surface area contributed by atoms with Crippen molar-refractivity contribution in [3.05, 3.63) is 29.5 Å². The molecule has 1 N–H and O–H groups in total. The Morgan fingerprint density at radius 2 is 2.21 bits per heavy atom. The van der Waals surface area contributed by atoms with Gasteiger partial charge >= 0.3 is 5.97 Å². The van der Waals surface area contributed by atoms with Gasteiger partial charge in [-0.3, -0.25) is 0 Å². The SMILES string of the molecule is O=C(O)c1ccnc(-c2nccs2)n1. The molecule has 2 rings (SSSR count). The zero-order valence-electron chi connectivity index (χ0n) is 6.91. The van der Waals surface area contributed by atoms with Crippen molar-refractivity contribution in [3.8, 4) is 10.8 Å². The van der Waals surface area contributed by atoms with Gasteiger partial charge < -0.3 is 5.11 Å². The number of carbonyl (C=O) groups is 1. The summed E-state index contributed by atoms with van der Waals surface area (Å²) in [4.78, 5) is 22.4. The van der Waals surface area contributed by atoms with Crippen LogP contribution >= 0.6 is 11.3 Å². The highest BCUT2D eigenvalue weighted by molar-refractivity contribution is 7.12. The van der Waals surface area contributed by atoms with Gasteiger partial charge in [-0.05, 0) is 6.07 Å². The van der Waals surface area contributed by atoms with Crippen LogP contribution in [0, 0.1) is 0 Å². The minimum atomic E-state index is -1.06. The molecule has 0 saturated heterocycles. The minimum absolute atomic E-state index is 0.0230. The molecule has 2 aromatic heterocycles. The molecule has 0 fully saturated rings. The average molecular weight is 207 g/mol. The minimum Gasteiger partial charge on any atom is -0.477 e. The van der Waals surface area contributed by atoms with E-state index in [9.17, 15) is 4.79 Å². The van der Waals surface area contributed by atoms with E-state index in [1.165, 1.54) is 23.6 Å². The Bertz CT molecular complexity index is 455. The molecule has 0 aliphatic heterocycles. The number of carboxylic acid groups (broad SMARTS) is 1. The van der Waals surface area contributed by atoms with Crippen molar-refractivity contribution in [2.24, 2.45) is 0 Å². The molecule has 70 valence electrons. The third kappa shape index (κ3) is 1.60. The number of rotatable bonds is 2. The normalized spacial score (nSPS) is 10.0. The van der Waals surface area contributed by atoms with Gasteiger partial charge in [-0.2, -0.15) is 0 Å². The summed E-state index contributed by atoms with van der Waals surface area (Å²) in [5.74, 6) is -0.717. The van der Waals surface area contributed by atoms with E-state index < -0.39 is 5.97 Å². The Hall–Kier alpha value is -1.82. The summed E-state index contributed by atoms with van der Waals surface area (Å²) >= 11 is 1.37. The van der Waals surface area contributed by atoms with Crippen LogP contribution in [0.15, 0.2) is 23.8 Å². The first-order chi connectivity index (χ1) is 6.77. The second kappa shape index (κ2) is 3.51. The van der Waals surface area contributed by atoms with E-state index >= 15 is 0 Å². The lowest BCUT2D eigenvalue weighted by Gasteiger charge is -1.95. The van der Waals surface area contributed by atoms with E-state index in [0.29, 0.717) is 10.8 Å². The number of thiazole rings is 1. The van der Waals surface area contributed by atoms with Crippen molar-refractivity contribution in [1.29, 1.82) is 0 Å². The van der Waals surface area contributed by atoms with Crippen molar-refractivity contribution in [3.63, 3.8) is 0 Å². The molecule has 0 spiro atoms. The predicted octanol–water partition coefficient (Wildman–Crippen LogP) is 1.30. The van der Waals surface area contributed by atoms with Crippen LogP contribution in [0.5, 0.6) is 0 Å². The summed E-state index contributed by atoms with van der Waals surface area (Å²) in [6, 6.07) is 1.35. The van der Waals surface area contributed by atoms with Crippen LogP contribution in [-0.4, -0.2) is 26.0 Å². The summed E-state index contributed by atoms with van der Waals surface area (Å²) in [5.41, 5.74) is -0.0230. The smallest absolute Gasteiger partial charge is 0.354 e. The zero-order chi connectivity index (χ0) is 9.97. The topological polar surface area (TPSA) is 76.0 Å². The average Bonchev–Trinajstić information content (AvgIpc) is 2.71. The van der Waals surface area contributed by atoms with Crippen LogP contribution in [0.25, 0.3) is 10.8 Å². The first kappa shape index (κ1) is 8.76. The molecule has 5 nitrogen and oxygen atoms in total. The molecule has 14 heavy (non-hydrogen) atoms. The van der Waals surface area contributed by atoms with Gasteiger partial charge in [0.15, 0.2) is 16.5 Å². The Balaban J connectivity index is 2.46. The second-order valence-corrected chi connectivity index (χ2v) is 3.30. The number of aromatic carboxylic acids is 1. The highest BCUT2D eigenvalue weighted by Crippen LogP contribution is 2.16. The fraction of sp³-hybridized carbons (Fsp3) is 0. The molecule has 2 aromatic rings. The molecule has 0 radical (unpaired) electrons. The summed E-state index contributed by atoms with van der Waals surface area (Å²) in [6.45, 7) is 0. The van der Waals surface area contributed by atoms with Gasteiger partial charge in [0.05, 0.1) is 0 Å². The lowest BCUT2D eigenvalue weighted by molar-refractivity contribution is 0.0690. The number of nitrogens with zero attached hydrogens (tertiary/aromatic N) is 3. The zero-order valence-corrected chi connectivity index (χ0v) is 7.73. The molecule has 0 aliphatic rings. The summed E-state index contributed by atoms with van der Waals surface area (Å²) < 4.78 is 0. The quantitative estimate of drug-likeness (QED) is 0.803. The maximum atomic E-state index is 10.6. The molecule has 0 amide bonds. The monoisotopic (exact) mass is 207 g/mol. The van der Waals surface area contributed by atoms with Crippen LogP contribution in [0.3, 0.4) is 0 Å². The maximum absolute atomic E-state index is 10.6. The van der Waals surface area contributed by atoms with Crippen molar-refractivity contribution >= 4 is 17.3 Å². The van der Waals surface area contributed by atoms with Gasteiger partial charge in [0, 0.05) is 17.8 Å². The van der Waals surface area contributed by atoms with E-state index in [0.717, 1.165) is 0 Å². The van der Waals surface area contributed by atoms with E-state index in [1.54, 1.807) is 11.6 Å². The molecule has 0 aliphatic carbocycles. The first-order valence-electron chi connectivity index (χ1n) is 3.73. The van der Waals surface area contributed by atoms with E-state index in [2.05, 4.69) is 15.0 Å². The molecular weight excluding hydrogens is 202 g/mol. The lowest BCUT2D eigenvalue weighted by atomic mass is 10.4. The van der Waals surface area contributed by atoms with Gasteiger partial charge in [0.25, 0.3) is 0 Å². The predicted molar refractivity (Wildman–Crippen MR) is 50.1 cm³/mol. The maximum Gasteiger partial charge on any atom is 0.354 e. The standard InChI is InChI=1S/C8H5N3O2S/c12-8(13)5-1-2-9-6(11-5)7-10-3-4-14-7/h1-4H,(H,12,13). The molecule has 0 saturated carbocycles. The fourth-order valence-electron chi connectivity index (χ4n) is 0.915. The van der Waals surface area contributed by atoms with Crippen molar-refractivity contribution < 1.29 is 9.90 Å². The summed E-state index contributed by atoms with van der Waals surface area (Å²) in [6.07, 6.45) is 3.03. The third-order valence-electron chi connectivity index (χ3n) is 1.50. The molecule has 0 bridgehead atoms. The van der Waals surface area contributed by atoms with Gasteiger partial charge in [0.2, 0.25) is 0 Å². The third-order valence-corrected chi connectivity index (χ3v) is 2.27. The molecule has 2 heterocycles. The first-order valence-corrected chi connectivity index (χ1v) is 4.61. The fourth-order valence-corrected chi connectivity index (χ4v) is 1.49. The van der Waals surface area contributed by atoms with Gasteiger partial charge in [-0.15, -0.1) is 11.3 Å². The Morgan fingerprint density at radius 1 is 1.36 bits per heavy atom. The van der Waals surface area contributed by atoms with E-state index in [-0.39, 0.29) is 5.69 Å². The molecular formula is C8H5N3O2S. The largest absolute Gasteiger partial charge is 0.477 e.